The van der Waals surface area contributed by atoms with Crippen LogP contribution in [0.15, 0.2) is 0 Å². The first-order valence-electron chi connectivity index (χ1n) is 4.65. The van der Waals surface area contributed by atoms with E-state index in [0.29, 0.717) is 12.6 Å². The van der Waals surface area contributed by atoms with Gasteiger partial charge in [0, 0.05) is 19.1 Å². The molecule has 0 N–H and O–H groups in total. The molecule has 1 rings (SSSR count). The zero-order valence-electron chi connectivity index (χ0n) is 7.85. The second kappa shape index (κ2) is 4.67. The molecule has 0 bridgehead atoms. The molecular formula is C8H15Cl2NOSi. The van der Waals surface area contributed by atoms with Gasteiger partial charge >= 0.3 is 0 Å². The molecule has 0 aliphatic carbocycles. The van der Waals surface area contributed by atoms with Crippen LogP contribution in [0.2, 0.25) is 6.55 Å². The SMILES string of the molecule is C[Si](Cl)(Cl)CN1CCCCCC1=O. The molecule has 0 aromatic rings. The lowest BCUT2D eigenvalue weighted by Gasteiger charge is -2.24. The third-order valence-corrected chi connectivity index (χ3v) is 3.79. The Morgan fingerprint density at radius 1 is 1.38 bits per heavy atom. The second-order valence-corrected chi connectivity index (χ2v) is 11.7. The van der Waals surface area contributed by atoms with Crippen LogP contribution in [0.5, 0.6) is 0 Å². The molecule has 1 aliphatic rings. The number of halogens is 2. The fraction of sp³-hybridized carbons (Fsp3) is 0.875. The van der Waals surface area contributed by atoms with Gasteiger partial charge in [0.2, 0.25) is 5.91 Å². The summed E-state index contributed by atoms with van der Waals surface area (Å²) >= 11 is 12.0. The van der Waals surface area contributed by atoms with E-state index in [-0.39, 0.29) is 5.91 Å². The molecule has 1 saturated heterocycles. The van der Waals surface area contributed by atoms with Crippen molar-refractivity contribution in [1.29, 1.82) is 0 Å². The van der Waals surface area contributed by atoms with E-state index in [9.17, 15) is 4.79 Å². The third kappa shape index (κ3) is 4.34. The maximum atomic E-state index is 11.5. The predicted molar refractivity (Wildman–Crippen MR) is 58.4 cm³/mol. The van der Waals surface area contributed by atoms with Gasteiger partial charge in [0.05, 0.1) is 0 Å². The minimum atomic E-state index is -2.16. The monoisotopic (exact) mass is 239 g/mol. The van der Waals surface area contributed by atoms with Gasteiger partial charge in [-0.05, 0) is 19.4 Å². The lowest BCUT2D eigenvalue weighted by atomic mass is 10.2. The van der Waals surface area contributed by atoms with Gasteiger partial charge < -0.3 is 4.90 Å². The zero-order chi connectivity index (χ0) is 9.90. The normalized spacial score (nSPS) is 20.2. The Morgan fingerprint density at radius 3 is 2.69 bits per heavy atom. The maximum Gasteiger partial charge on any atom is 0.266 e. The summed E-state index contributed by atoms with van der Waals surface area (Å²) in [5, 5.41) is 0. The molecule has 0 saturated carbocycles. The average Bonchev–Trinajstić information content (AvgIpc) is 2.14. The molecular weight excluding hydrogens is 225 g/mol. The summed E-state index contributed by atoms with van der Waals surface area (Å²) in [5.41, 5.74) is 0. The Balaban J connectivity index is 2.50. The second-order valence-electron chi connectivity index (χ2n) is 3.70. The molecule has 1 amide bonds. The summed E-state index contributed by atoms with van der Waals surface area (Å²) in [7, 11) is 0. The molecule has 13 heavy (non-hydrogen) atoms. The minimum absolute atomic E-state index is 0.220. The van der Waals surface area contributed by atoms with E-state index in [1.54, 1.807) is 0 Å². The highest BCUT2D eigenvalue weighted by molar-refractivity contribution is 7.45. The first-order valence-corrected chi connectivity index (χ1v) is 9.38. The van der Waals surface area contributed by atoms with Crippen LogP contribution < -0.4 is 0 Å². The van der Waals surface area contributed by atoms with Crippen LogP contribution in [-0.2, 0) is 4.79 Å². The van der Waals surface area contributed by atoms with Crippen molar-refractivity contribution in [3.05, 3.63) is 0 Å². The number of likely N-dealkylation sites (tertiary alicyclic amines) is 1. The van der Waals surface area contributed by atoms with Crippen molar-refractivity contribution in [2.45, 2.75) is 32.2 Å². The van der Waals surface area contributed by atoms with Gasteiger partial charge in [0.25, 0.3) is 6.69 Å². The van der Waals surface area contributed by atoms with E-state index in [2.05, 4.69) is 0 Å². The molecule has 0 radical (unpaired) electrons. The quantitative estimate of drug-likeness (QED) is 0.536. The molecule has 2 nitrogen and oxygen atoms in total. The number of carbonyl (C=O) groups excluding carboxylic acids is 1. The summed E-state index contributed by atoms with van der Waals surface area (Å²) in [6.07, 6.45) is 4.49. The van der Waals surface area contributed by atoms with Gasteiger partial charge in [-0.25, -0.2) is 0 Å². The number of hydrogen-bond acceptors (Lipinski definition) is 1. The van der Waals surface area contributed by atoms with Crippen molar-refractivity contribution in [3.63, 3.8) is 0 Å². The molecule has 76 valence electrons. The number of hydrogen-bond donors (Lipinski definition) is 0. The van der Waals surface area contributed by atoms with Crippen LogP contribution in [-0.4, -0.2) is 30.2 Å². The predicted octanol–water partition coefficient (Wildman–Crippen LogP) is 2.48. The van der Waals surface area contributed by atoms with Crippen LogP contribution in [0.3, 0.4) is 0 Å². The number of rotatable bonds is 2. The van der Waals surface area contributed by atoms with Gasteiger partial charge in [0.15, 0.2) is 0 Å². The van der Waals surface area contributed by atoms with Crippen molar-refractivity contribution in [2.75, 3.05) is 12.7 Å². The highest BCUT2D eigenvalue weighted by Crippen LogP contribution is 2.19. The highest BCUT2D eigenvalue weighted by atomic mass is 35.7. The van der Waals surface area contributed by atoms with Gasteiger partial charge in [-0.3, -0.25) is 4.79 Å². The first-order chi connectivity index (χ1) is 5.99. The summed E-state index contributed by atoms with van der Waals surface area (Å²) in [6, 6.07) is 0. The molecule has 1 aliphatic heterocycles. The largest absolute Gasteiger partial charge is 0.343 e. The van der Waals surface area contributed by atoms with Crippen molar-refractivity contribution in [3.8, 4) is 0 Å². The van der Waals surface area contributed by atoms with Crippen molar-refractivity contribution in [1.82, 2.24) is 4.90 Å². The van der Waals surface area contributed by atoms with Crippen LogP contribution in [0.4, 0.5) is 0 Å². The van der Waals surface area contributed by atoms with E-state index in [1.165, 1.54) is 0 Å². The highest BCUT2D eigenvalue weighted by Gasteiger charge is 2.28. The van der Waals surface area contributed by atoms with Gasteiger partial charge in [-0.2, -0.15) is 0 Å². The Hall–Kier alpha value is 0.267. The van der Waals surface area contributed by atoms with Crippen LogP contribution in [0, 0.1) is 0 Å². The van der Waals surface area contributed by atoms with E-state index in [4.69, 9.17) is 22.2 Å². The van der Waals surface area contributed by atoms with Crippen molar-refractivity contribution < 1.29 is 4.79 Å². The molecule has 0 unspecified atom stereocenters. The fourth-order valence-corrected chi connectivity index (χ4v) is 3.41. The van der Waals surface area contributed by atoms with Crippen molar-refractivity contribution in [2.24, 2.45) is 0 Å². The van der Waals surface area contributed by atoms with E-state index in [1.807, 2.05) is 11.4 Å². The summed E-state index contributed by atoms with van der Waals surface area (Å²) in [6.45, 7) is 0.530. The summed E-state index contributed by atoms with van der Waals surface area (Å²) < 4.78 is 0. The molecule has 1 fully saturated rings. The minimum Gasteiger partial charge on any atom is -0.343 e. The molecule has 5 heteroatoms. The topological polar surface area (TPSA) is 20.3 Å². The molecule has 0 atom stereocenters. The number of nitrogens with zero attached hydrogens (tertiary/aromatic N) is 1. The fourth-order valence-electron chi connectivity index (χ4n) is 1.54. The summed E-state index contributed by atoms with van der Waals surface area (Å²) in [4.78, 5) is 13.4. The Labute approximate surface area is 89.6 Å². The van der Waals surface area contributed by atoms with Gasteiger partial charge in [-0.15, -0.1) is 22.2 Å². The third-order valence-electron chi connectivity index (χ3n) is 2.14. The van der Waals surface area contributed by atoms with E-state index >= 15 is 0 Å². The molecule has 0 aromatic heterocycles. The van der Waals surface area contributed by atoms with Gasteiger partial charge in [-0.1, -0.05) is 6.42 Å². The maximum absolute atomic E-state index is 11.5. The lowest BCUT2D eigenvalue weighted by Crippen LogP contribution is -2.40. The lowest BCUT2D eigenvalue weighted by molar-refractivity contribution is -0.129. The molecule has 1 heterocycles. The zero-order valence-corrected chi connectivity index (χ0v) is 10.4. The Kier molecular flexibility index (Phi) is 4.07. The van der Waals surface area contributed by atoms with Crippen molar-refractivity contribution >= 4 is 34.8 Å². The number of amides is 1. The van der Waals surface area contributed by atoms with Crippen LogP contribution >= 0.6 is 22.2 Å². The average molecular weight is 240 g/mol. The first kappa shape index (κ1) is 11.3. The van der Waals surface area contributed by atoms with E-state index in [0.717, 1.165) is 25.8 Å². The smallest absolute Gasteiger partial charge is 0.266 e. The number of carbonyl (C=O) groups is 1. The van der Waals surface area contributed by atoms with Gasteiger partial charge in [0.1, 0.15) is 0 Å². The van der Waals surface area contributed by atoms with Crippen LogP contribution in [0.25, 0.3) is 0 Å². The molecule has 0 spiro atoms. The van der Waals surface area contributed by atoms with Crippen LogP contribution in [0.1, 0.15) is 25.7 Å². The van der Waals surface area contributed by atoms with E-state index < -0.39 is 6.69 Å². The summed E-state index contributed by atoms with van der Waals surface area (Å²) in [5.74, 6) is 0.220. The standard InChI is InChI=1S/C8H15Cl2NOSi/c1-13(9,10)7-11-6-4-2-3-5-8(11)12/h2-7H2,1H3. The Bertz CT molecular complexity index is 193. The Morgan fingerprint density at radius 2 is 2.08 bits per heavy atom. The molecule has 0 aromatic carbocycles.